The largest absolute Gasteiger partial charge is 0.464 e. The van der Waals surface area contributed by atoms with Gasteiger partial charge < -0.3 is 4.42 Å². The van der Waals surface area contributed by atoms with Crippen LogP contribution in [0.4, 0.5) is 13.2 Å². The van der Waals surface area contributed by atoms with Gasteiger partial charge in [-0.1, -0.05) is 24.3 Å². The summed E-state index contributed by atoms with van der Waals surface area (Å²) in [6.45, 7) is 0. The van der Waals surface area contributed by atoms with Crippen LogP contribution in [0.5, 0.6) is 0 Å². The van der Waals surface area contributed by atoms with Crippen molar-refractivity contribution in [3.8, 4) is 28.3 Å². The Balaban J connectivity index is 1.80. The molecular formula is C21H15F3N2O5S2. The van der Waals surface area contributed by atoms with E-state index in [4.69, 9.17) is 4.42 Å². The monoisotopic (exact) mass is 496 g/mol. The van der Waals surface area contributed by atoms with Crippen molar-refractivity contribution in [2.45, 2.75) is 11.1 Å². The van der Waals surface area contributed by atoms with E-state index in [0.717, 1.165) is 28.4 Å². The summed E-state index contributed by atoms with van der Waals surface area (Å²) in [5.41, 5.74) is 0.220. The minimum absolute atomic E-state index is 0.104. The van der Waals surface area contributed by atoms with Gasteiger partial charge in [0.1, 0.15) is 5.76 Å². The molecule has 4 aromatic rings. The maximum absolute atomic E-state index is 13.4. The molecule has 4 rings (SSSR count). The van der Waals surface area contributed by atoms with Crippen molar-refractivity contribution in [3.63, 3.8) is 0 Å². The minimum Gasteiger partial charge on any atom is -0.464 e. The summed E-state index contributed by atoms with van der Waals surface area (Å²) in [6, 6.07) is 15.3. The van der Waals surface area contributed by atoms with Gasteiger partial charge in [-0.25, -0.2) is 21.5 Å². The van der Waals surface area contributed by atoms with E-state index in [0.29, 0.717) is 17.6 Å². The molecule has 2 heterocycles. The second-order valence-corrected chi connectivity index (χ2v) is 13.0. The highest BCUT2D eigenvalue weighted by Crippen LogP contribution is 2.34. The second kappa shape index (κ2) is 7.89. The van der Waals surface area contributed by atoms with Crippen LogP contribution in [0.3, 0.4) is 0 Å². The predicted octanol–water partition coefficient (Wildman–Crippen LogP) is 4.55. The average molecular weight is 496 g/mol. The summed E-state index contributed by atoms with van der Waals surface area (Å²) < 4.78 is 93.7. The van der Waals surface area contributed by atoms with E-state index >= 15 is 0 Å². The molecule has 12 heteroatoms. The van der Waals surface area contributed by atoms with Gasteiger partial charge in [-0.15, -0.1) is 0 Å². The number of hydrogen-bond acceptors (Lipinski definition) is 6. The fourth-order valence-electron chi connectivity index (χ4n) is 3.10. The molecule has 7 nitrogen and oxygen atoms in total. The van der Waals surface area contributed by atoms with Gasteiger partial charge in [-0.05, 0) is 42.5 Å². The Hall–Kier alpha value is -3.38. The van der Waals surface area contributed by atoms with E-state index in [9.17, 15) is 30.0 Å². The number of halogens is 3. The van der Waals surface area contributed by atoms with Crippen LogP contribution in [0, 0.1) is 0 Å². The molecule has 0 unspecified atom stereocenters. The molecule has 2 aromatic carbocycles. The van der Waals surface area contributed by atoms with Crippen molar-refractivity contribution in [2.24, 2.45) is 0 Å². The Bertz CT molecular complexity index is 1500. The van der Waals surface area contributed by atoms with E-state index < -0.39 is 34.5 Å². The molecule has 0 aliphatic carbocycles. The lowest BCUT2D eigenvalue weighted by Gasteiger charge is -2.09. The molecule has 0 N–H and O–H groups in total. The first-order chi connectivity index (χ1) is 15.4. The first-order valence-electron chi connectivity index (χ1n) is 9.25. The predicted molar refractivity (Wildman–Crippen MR) is 114 cm³/mol. The van der Waals surface area contributed by atoms with Crippen molar-refractivity contribution in [1.29, 1.82) is 0 Å². The van der Waals surface area contributed by atoms with Gasteiger partial charge >= 0.3 is 6.18 Å². The number of benzene rings is 2. The van der Waals surface area contributed by atoms with Gasteiger partial charge in [-0.2, -0.15) is 18.3 Å². The van der Waals surface area contributed by atoms with Crippen LogP contribution in [0.2, 0.25) is 0 Å². The van der Waals surface area contributed by atoms with Crippen LogP contribution in [0.1, 0.15) is 5.69 Å². The lowest BCUT2D eigenvalue weighted by molar-refractivity contribution is -0.141. The van der Waals surface area contributed by atoms with Crippen LogP contribution < -0.4 is 0 Å². The molecule has 33 heavy (non-hydrogen) atoms. The summed E-state index contributed by atoms with van der Waals surface area (Å²) in [5.74, 6) is 0.591. The van der Waals surface area contributed by atoms with Crippen LogP contribution >= 0.6 is 0 Å². The van der Waals surface area contributed by atoms with Crippen LogP contribution in [-0.4, -0.2) is 32.9 Å². The number of furan rings is 1. The Kier molecular flexibility index (Phi) is 5.45. The highest BCUT2D eigenvalue weighted by molar-refractivity contribution is 8.66. The van der Waals surface area contributed by atoms with E-state index in [-0.39, 0.29) is 11.4 Å². The van der Waals surface area contributed by atoms with Crippen molar-refractivity contribution in [1.82, 2.24) is 9.78 Å². The molecule has 0 aliphatic rings. The van der Waals surface area contributed by atoms with Crippen molar-refractivity contribution in [2.75, 3.05) is 6.26 Å². The Morgan fingerprint density at radius 2 is 1.48 bits per heavy atom. The fourth-order valence-corrected chi connectivity index (χ4v) is 5.30. The van der Waals surface area contributed by atoms with Crippen LogP contribution in [0.25, 0.3) is 28.3 Å². The highest BCUT2D eigenvalue weighted by Gasteiger charge is 2.35. The van der Waals surface area contributed by atoms with E-state index in [1.165, 1.54) is 18.4 Å². The summed E-state index contributed by atoms with van der Waals surface area (Å²) in [7, 11) is -9.06. The molecule has 0 atom stereocenters. The molecule has 172 valence electrons. The van der Waals surface area contributed by atoms with Crippen molar-refractivity contribution in [3.05, 3.63) is 78.7 Å². The highest BCUT2D eigenvalue weighted by atomic mass is 33.2. The third-order valence-corrected chi connectivity index (χ3v) is 9.37. The number of alkyl halides is 3. The summed E-state index contributed by atoms with van der Waals surface area (Å²) >= 11 is 0. The van der Waals surface area contributed by atoms with E-state index in [1.54, 1.807) is 36.4 Å². The molecule has 0 fully saturated rings. The average Bonchev–Trinajstić information content (AvgIpc) is 3.43. The summed E-state index contributed by atoms with van der Waals surface area (Å²) in [5, 5.41) is 3.65. The molecule has 0 amide bonds. The molecule has 0 saturated carbocycles. The number of aromatic nitrogens is 2. The Labute approximate surface area is 186 Å². The van der Waals surface area contributed by atoms with Crippen molar-refractivity contribution < 1.29 is 34.4 Å². The maximum atomic E-state index is 13.4. The Morgan fingerprint density at radius 3 is 2.00 bits per heavy atom. The molecule has 0 radical (unpaired) electrons. The number of hydrogen-bond donors (Lipinski definition) is 0. The van der Waals surface area contributed by atoms with Crippen molar-refractivity contribution >= 4 is 17.7 Å². The van der Waals surface area contributed by atoms with Crippen LogP contribution in [0.15, 0.2) is 82.3 Å². The summed E-state index contributed by atoms with van der Waals surface area (Å²) in [4.78, 5) is -0.499. The maximum Gasteiger partial charge on any atom is 0.435 e. The zero-order valence-corrected chi connectivity index (χ0v) is 18.4. The van der Waals surface area contributed by atoms with E-state index in [2.05, 4.69) is 5.10 Å². The third-order valence-electron chi connectivity index (χ3n) is 4.75. The summed E-state index contributed by atoms with van der Waals surface area (Å²) in [6.07, 6.45) is -2.65. The number of nitrogens with zero attached hydrogens (tertiary/aromatic N) is 2. The van der Waals surface area contributed by atoms with Gasteiger partial charge in [0.25, 0.3) is 17.7 Å². The Morgan fingerprint density at radius 1 is 0.879 bits per heavy atom. The molecule has 0 saturated heterocycles. The van der Waals surface area contributed by atoms with Gasteiger partial charge in [0.2, 0.25) is 0 Å². The van der Waals surface area contributed by atoms with Crippen LogP contribution in [-0.2, 0) is 23.9 Å². The lowest BCUT2D eigenvalue weighted by Crippen LogP contribution is -2.13. The lowest BCUT2D eigenvalue weighted by atomic mass is 10.1. The fraction of sp³-hybridized carbons (Fsp3) is 0.0952. The SMILES string of the molecule is CS(=O)(=O)S(=O)(=O)c1ccc(-n2nc(C(F)(F)F)cc2-c2ccc(-c3ccco3)cc2)cc1. The zero-order chi connectivity index (χ0) is 24.0. The molecule has 0 bridgehead atoms. The first-order valence-corrected chi connectivity index (χ1v) is 13.1. The van der Waals surface area contributed by atoms with Gasteiger partial charge in [0.15, 0.2) is 5.69 Å². The first kappa shape index (κ1) is 22.8. The van der Waals surface area contributed by atoms with Gasteiger partial charge in [-0.3, -0.25) is 0 Å². The quantitative estimate of drug-likeness (QED) is 0.376. The van der Waals surface area contributed by atoms with Gasteiger partial charge in [0, 0.05) is 11.1 Å². The smallest absolute Gasteiger partial charge is 0.435 e. The van der Waals surface area contributed by atoms with Gasteiger partial charge in [0.05, 0.1) is 28.8 Å². The normalized spacial score (nSPS) is 12.7. The molecule has 0 aliphatic heterocycles. The topological polar surface area (TPSA) is 99.2 Å². The zero-order valence-electron chi connectivity index (χ0n) is 16.8. The number of rotatable bonds is 5. The third kappa shape index (κ3) is 4.31. The standard InChI is InChI=1S/C21H15F3N2O5S2/c1-32(27,28)33(29,30)17-10-8-16(9-11-17)26-18(13-20(25-26)21(22,23)24)14-4-6-15(7-5-14)19-3-2-12-31-19/h2-13H,1H3. The molecular weight excluding hydrogens is 481 g/mol. The molecule has 2 aromatic heterocycles. The minimum atomic E-state index is -4.71. The van der Waals surface area contributed by atoms with E-state index in [1.807, 2.05) is 0 Å². The second-order valence-electron chi connectivity index (χ2n) is 7.03. The molecule has 0 spiro atoms.